The minimum Gasteiger partial charge on any atom is -0.494 e. The molecule has 0 aliphatic rings. The highest BCUT2D eigenvalue weighted by molar-refractivity contribution is 5.32. The van der Waals surface area contributed by atoms with Crippen molar-refractivity contribution >= 4 is 0 Å². The summed E-state index contributed by atoms with van der Waals surface area (Å²) in [5, 5.41) is 8.87. The van der Waals surface area contributed by atoms with Gasteiger partial charge in [-0.3, -0.25) is 0 Å². The molecule has 1 N–H and O–H groups in total. The molecule has 0 radical (unpaired) electrons. The highest BCUT2D eigenvalue weighted by atomic mass is 16.5. The molecule has 2 nitrogen and oxygen atoms in total. The zero-order valence-corrected chi connectivity index (χ0v) is 8.58. The van der Waals surface area contributed by atoms with Gasteiger partial charge in [-0.2, -0.15) is 0 Å². The van der Waals surface area contributed by atoms with Crippen LogP contribution in [-0.2, 0) is 6.61 Å². The highest BCUT2D eigenvalue weighted by Gasteiger charge is 1.98. The quantitative estimate of drug-likeness (QED) is 0.778. The van der Waals surface area contributed by atoms with E-state index in [9.17, 15) is 0 Å². The van der Waals surface area contributed by atoms with E-state index in [1.165, 1.54) is 0 Å². The Labute approximate surface area is 80.2 Å². The molecule has 0 saturated heterocycles. The lowest BCUT2D eigenvalue weighted by atomic mass is 10.2. The van der Waals surface area contributed by atoms with E-state index >= 15 is 0 Å². The fraction of sp³-hybridized carbons (Fsp3) is 0.455. The number of aliphatic hydroxyl groups is 1. The van der Waals surface area contributed by atoms with Crippen LogP contribution in [0.3, 0.4) is 0 Å². The summed E-state index contributed by atoms with van der Waals surface area (Å²) in [6.07, 6.45) is 0. The summed E-state index contributed by atoms with van der Waals surface area (Å²) in [6.45, 7) is 6.60. The third kappa shape index (κ3) is 3.95. The van der Waals surface area contributed by atoms with Gasteiger partial charge in [-0.05, 0) is 13.0 Å². The fourth-order valence-electron chi connectivity index (χ4n) is 0.931. The molecule has 0 bridgehead atoms. The molecule has 0 saturated carbocycles. The first-order valence-corrected chi connectivity index (χ1v) is 4.70. The van der Waals surface area contributed by atoms with E-state index in [1.54, 1.807) is 0 Å². The maximum absolute atomic E-state index is 8.87. The molecule has 2 heteroatoms. The van der Waals surface area contributed by atoms with Crippen molar-refractivity contribution < 1.29 is 9.84 Å². The van der Waals surface area contributed by atoms with Crippen LogP contribution in [0.4, 0.5) is 0 Å². The van der Waals surface area contributed by atoms with Gasteiger partial charge in [0.2, 0.25) is 0 Å². The molecular weight excluding hydrogens is 164 g/mol. The predicted octanol–water partition coefficient (Wildman–Crippen LogP) is 2.60. The Morgan fingerprint density at radius 1 is 1.23 bits per heavy atom. The van der Waals surface area contributed by atoms with E-state index in [4.69, 9.17) is 9.84 Å². The molecule has 0 atom stereocenters. The number of benzene rings is 1. The number of para-hydroxylation sites is 1. The summed E-state index contributed by atoms with van der Waals surface area (Å²) in [7, 11) is 0. The number of ether oxygens (including phenoxy) is 1. The Hall–Kier alpha value is -1.02. The van der Waals surface area contributed by atoms with Gasteiger partial charge in [-0.1, -0.05) is 32.0 Å². The van der Waals surface area contributed by atoms with Crippen LogP contribution < -0.4 is 4.74 Å². The molecule has 0 amide bonds. The first kappa shape index (κ1) is 12.0. The number of aliphatic hydroxyl groups excluding tert-OH is 1. The summed E-state index contributed by atoms with van der Waals surface area (Å²) < 4.78 is 5.27. The molecule has 1 aromatic carbocycles. The highest BCUT2D eigenvalue weighted by Crippen LogP contribution is 2.16. The summed E-state index contributed by atoms with van der Waals surface area (Å²) >= 11 is 0. The largest absolute Gasteiger partial charge is 0.494 e. The fourth-order valence-corrected chi connectivity index (χ4v) is 0.931. The molecule has 0 aliphatic carbocycles. The van der Waals surface area contributed by atoms with Gasteiger partial charge in [-0.15, -0.1) is 0 Å². The van der Waals surface area contributed by atoms with Gasteiger partial charge in [0.15, 0.2) is 0 Å². The van der Waals surface area contributed by atoms with Crippen LogP contribution in [0.15, 0.2) is 24.3 Å². The Morgan fingerprint density at radius 3 is 2.38 bits per heavy atom. The van der Waals surface area contributed by atoms with E-state index < -0.39 is 0 Å². The lowest BCUT2D eigenvalue weighted by molar-refractivity contribution is 0.267. The van der Waals surface area contributed by atoms with Gasteiger partial charge >= 0.3 is 0 Å². The van der Waals surface area contributed by atoms with Gasteiger partial charge < -0.3 is 9.84 Å². The first-order chi connectivity index (χ1) is 6.38. The van der Waals surface area contributed by atoms with E-state index in [2.05, 4.69) is 0 Å². The smallest absolute Gasteiger partial charge is 0.124 e. The standard InChI is InChI=1S/C9H12O2.C2H6/c1-2-11-9-6-4-3-5-8(9)7-10;1-2/h3-6,10H,2,7H2,1H3;1-2H3. The van der Waals surface area contributed by atoms with Crippen LogP contribution in [0.1, 0.15) is 26.3 Å². The molecule has 0 unspecified atom stereocenters. The minimum atomic E-state index is 0.0379. The maximum atomic E-state index is 8.87. The van der Waals surface area contributed by atoms with Crippen molar-refractivity contribution in [3.05, 3.63) is 29.8 Å². The average Bonchev–Trinajstić information content (AvgIpc) is 2.22. The van der Waals surface area contributed by atoms with E-state index in [0.29, 0.717) is 6.61 Å². The third-order valence-corrected chi connectivity index (χ3v) is 1.44. The van der Waals surface area contributed by atoms with E-state index in [1.807, 2.05) is 45.0 Å². The van der Waals surface area contributed by atoms with E-state index in [-0.39, 0.29) is 6.61 Å². The lowest BCUT2D eigenvalue weighted by Crippen LogP contribution is -1.95. The lowest BCUT2D eigenvalue weighted by Gasteiger charge is -2.06. The molecular formula is C11H18O2. The molecule has 74 valence electrons. The Kier molecular flexibility index (Phi) is 7.02. The summed E-state index contributed by atoms with van der Waals surface area (Å²) in [6, 6.07) is 7.48. The monoisotopic (exact) mass is 182 g/mol. The van der Waals surface area contributed by atoms with Crippen LogP contribution in [-0.4, -0.2) is 11.7 Å². The van der Waals surface area contributed by atoms with Crippen molar-refractivity contribution in [3.63, 3.8) is 0 Å². The SMILES string of the molecule is CC.CCOc1ccccc1CO. The van der Waals surface area contributed by atoms with Crippen molar-refractivity contribution in [1.29, 1.82) is 0 Å². The van der Waals surface area contributed by atoms with Gasteiger partial charge in [0.25, 0.3) is 0 Å². The molecule has 0 fully saturated rings. The second-order valence-electron chi connectivity index (χ2n) is 2.20. The zero-order chi connectivity index (χ0) is 10.1. The van der Waals surface area contributed by atoms with Crippen LogP contribution in [0.2, 0.25) is 0 Å². The molecule has 0 aliphatic heterocycles. The third-order valence-electron chi connectivity index (χ3n) is 1.44. The van der Waals surface area contributed by atoms with Gasteiger partial charge in [0.1, 0.15) is 5.75 Å². The topological polar surface area (TPSA) is 29.5 Å². The van der Waals surface area contributed by atoms with Crippen molar-refractivity contribution in [2.45, 2.75) is 27.4 Å². The van der Waals surface area contributed by atoms with Crippen molar-refractivity contribution in [2.24, 2.45) is 0 Å². The van der Waals surface area contributed by atoms with Crippen LogP contribution in [0, 0.1) is 0 Å². The van der Waals surface area contributed by atoms with Crippen LogP contribution in [0.25, 0.3) is 0 Å². The van der Waals surface area contributed by atoms with E-state index in [0.717, 1.165) is 11.3 Å². The Balaban J connectivity index is 0.000000671. The molecule has 13 heavy (non-hydrogen) atoms. The summed E-state index contributed by atoms with van der Waals surface area (Å²) in [5.41, 5.74) is 0.842. The zero-order valence-electron chi connectivity index (χ0n) is 8.58. The molecule has 0 spiro atoms. The average molecular weight is 182 g/mol. The Morgan fingerprint density at radius 2 is 1.85 bits per heavy atom. The maximum Gasteiger partial charge on any atom is 0.124 e. The first-order valence-electron chi connectivity index (χ1n) is 4.70. The van der Waals surface area contributed by atoms with Crippen LogP contribution >= 0.6 is 0 Å². The molecule has 1 aromatic rings. The van der Waals surface area contributed by atoms with Gasteiger partial charge in [0, 0.05) is 5.56 Å². The summed E-state index contributed by atoms with van der Waals surface area (Å²) in [5.74, 6) is 0.775. The molecule has 0 heterocycles. The molecule has 1 rings (SSSR count). The summed E-state index contributed by atoms with van der Waals surface area (Å²) in [4.78, 5) is 0. The second-order valence-corrected chi connectivity index (χ2v) is 2.20. The number of hydrogen-bond acceptors (Lipinski definition) is 2. The van der Waals surface area contributed by atoms with Gasteiger partial charge in [0.05, 0.1) is 13.2 Å². The Bertz CT molecular complexity index is 221. The van der Waals surface area contributed by atoms with Crippen molar-refractivity contribution in [2.75, 3.05) is 6.61 Å². The van der Waals surface area contributed by atoms with Crippen molar-refractivity contribution in [1.82, 2.24) is 0 Å². The number of rotatable bonds is 3. The normalized spacial score (nSPS) is 8.62. The van der Waals surface area contributed by atoms with Crippen molar-refractivity contribution in [3.8, 4) is 5.75 Å². The minimum absolute atomic E-state index is 0.0379. The van der Waals surface area contributed by atoms with Gasteiger partial charge in [-0.25, -0.2) is 0 Å². The predicted molar refractivity (Wildman–Crippen MR) is 54.9 cm³/mol. The molecule has 0 aromatic heterocycles. The van der Waals surface area contributed by atoms with Crippen LogP contribution in [0.5, 0.6) is 5.75 Å². The second kappa shape index (κ2) is 7.62. The number of hydrogen-bond donors (Lipinski definition) is 1.